The molecule has 3 nitrogen and oxygen atoms in total. The Balaban J connectivity index is 2.05. The molecule has 1 aromatic heterocycles. The Labute approximate surface area is 126 Å². The van der Waals surface area contributed by atoms with Gasteiger partial charge in [-0.3, -0.25) is 0 Å². The topological polar surface area (TPSA) is 50.4 Å². The maximum atomic E-state index is 11.4. The van der Waals surface area contributed by atoms with Crippen molar-refractivity contribution in [1.29, 1.82) is 0 Å². The average molecular weight is 300 g/mol. The van der Waals surface area contributed by atoms with E-state index >= 15 is 0 Å². The van der Waals surface area contributed by atoms with Gasteiger partial charge in [-0.1, -0.05) is 48.9 Å². The minimum absolute atomic E-state index is 0.143. The Hall–Kier alpha value is -2.07. The third-order valence-corrected chi connectivity index (χ3v) is 4.28. The van der Waals surface area contributed by atoms with Gasteiger partial charge < -0.3 is 9.52 Å². The van der Waals surface area contributed by atoms with Crippen molar-refractivity contribution in [2.45, 2.75) is 26.2 Å². The van der Waals surface area contributed by atoms with Gasteiger partial charge >= 0.3 is 4.94 Å². The molecule has 0 unspecified atom stereocenters. The number of hydrogen-bond donors (Lipinski definition) is 1. The molecule has 0 fully saturated rings. The summed E-state index contributed by atoms with van der Waals surface area (Å²) < 4.78 is 5.93. The zero-order valence-corrected chi connectivity index (χ0v) is 12.6. The van der Waals surface area contributed by atoms with E-state index in [1.807, 2.05) is 12.1 Å². The maximum absolute atomic E-state index is 11.4. The van der Waals surface area contributed by atoms with Gasteiger partial charge in [-0.05, 0) is 30.0 Å². The smallest absolute Gasteiger partial charge is 0.396 e. The largest absolute Gasteiger partial charge is 0.508 e. The van der Waals surface area contributed by atoms with Crippen LogP contribution in [0.1, 0.15) is 25.3 Å². The van der Waals surface area contributed by atoms with Gasteiger partial charge in [0.25, 0.3) is 0 Å². The first-order valence-corrected chi connectivity index (χ1v) is 7.85. The number of benzene rings is 2. The second-order valence-corrected chi connectivity index (χ2v) is 6.05. The van der Waals surface area contributed by atoms with Gasteiger partial charge in [-0.25, -0.2) is 4.79 Å². The van der Waals surface area contributed by atoms with Gasteiger partial charge in [0, 0.05) is 11.6 Å². The zero-order chi connectivity index (χ0) is 14.8. The summed E-state index contributed by atoms with van der Waals surface area (Å²) in [5.41, 5.74) is 3.54. The summed E-state index contributed by atoms with van der Waals surface area (Å²) in [5.74, 6) is 0.143. The molecule has 3 aromatic rings. The molecule has 0 atom stereocenters. The zero-order valence-electron chi connectivity index (χ0n) is 11.8. The highest BCUT2D eigenvalue weighted by Crippen LogP contribution is 2.34. The number of aromatic hydroxyl groups is 1. The van der Waals surface area contributed by atoms with E-state index < -0.39 is 0 Å². The van der Waals surface area contributed by atoms with Gasteiger partial charge in [0.05, 0.1) is 4.70 Å². The summed E-state index contributed by atoms with van der Waals surface area (Å²) in [5, 5.41) is 9.82. The second-order valence-electron chi connectivity index (χ2n) is 5.08. The molecule has 1 heterocycles. The lowest BCUT2D eigenvalue weighted by atomic mass is 10.0. The third-order valence-electron chi connectivity index (χ3n) is 3.50. The molecular weight excluding hydrogens is 284 g/mol. The number of unbranched alkanes of at least 4 members (excludes halogenated alkanes) is 1. The van der Waals surface area contributed by atoms with Crippen LogP contribution >= 0.6 is 11.3 Å². The van der Waals surface area contributed by atoms with Crippen molar-refractivity contribution in [3.05, 3.63) is 51.7 Å². The van der Waals surface area contributed by atoms with Crippen LogP contribution in [0.15, 0.2) is 45.6 Å². The Morgan fingerprint density at radius 3 is 2.67 bits per heavy atom. The predicted octanol–water partition coefficient (Wildman–Crippen LogP) is 4.57. The minimum atomic E-state index is -0.351. The molecule has 0 saturated carbocycles. The summed E-state index contributed by atoms with van der Waals surface area (Å²) >= 11 is 1.01. The Morgan fingerprint density at radius 1 is 1.19 bits per heavy atom. The van der Waals surface area contributed by atoms with E-state index in [4.69, 9.17) is 4.42 Å². The summed E-state index contributed by atoms with van der Waals surface area (Å²) in [6, 6.07) is 11.4. The number of phenolic OH excluding ortho intramolecular Hbond substituents is 1. The maximum Gasteiger partial charge on any atom is 0.396 e. The van der Waals surface area contributed by atoms with Gasteiger partial charge in [0.1, 0.15) is 5.75 Å². The average Bonchev–Trinajstić information content (AvgIpc) is 2.85. The lowest BCUT2D eigenvalue weighted by Gasteiger charge is -2.05. The van der Waals surface area contributed by atoms with Crippen LogP contribution in [0.25, 0.3) is 21.4 Å². The highest BCUT2D eigenvalue weighted by atomic mass is 32.1. The molecule has 4 heteroatoms. The summed E-state index contributed by atoms with van der Waals surface area (Å²) in [6.07, 6.45) is 3.42. The van der Waals surface area contributed by atoms with Crippen LogP contribution < -0.4 is 4.94 Å². The summed E-state index contributed by atoms with van der Waals surface area (Å²) in [7, 11) is 0. The molecule has 0 spiro atoms. The molecule has 0 bridgehead atoms. The monoisotopic (exact) mass is 300 g/mol. The molecular formula is C17H16O3S. The molecule has 21 heavy (non-hydrogen) atoms. The van der Waals surface area contributed by atoms with Gasteiger partial charge in [-0.2, -0.15) is 0 Å². The van der Waals surface area contributed by atoms with Crippen LogP contribution in [-0.4, -0.2) is 5.11 Å². The Morgan fingerprint density at radius 2 is 1.95 bits per heavy atom. The Kier molecular flexibility index (Phi) is 3.80. The molecule has 0 radical (unpaired) electrons. The normalized spacial score (nSPS) is 11.1. The number of hydrogen-bond acceptors (Lipinski definition) is 4. The van der Waals surface area contributed by atoms with Crippen LogP contribution in [-0.2, 0) is 6.42 Å². The molecule has 0 aliphatic rings. The molecule has 3 rings (SSSR count). The fourth-order valence-electron chi connectivity index (χ4n) is 2.41. The van der Waals surface area contributed by atoms with Crippen LogP contribution in [0.4, 0.5) is 0 Å². The second kappa shape index (κ2) is 5.74. The summed E-state index contributed by atoms with van der Waals surface area (Å²) in [6.45, 7) is 2.18. The third kappa shape index (κ3) is 2.85. The van der Waals surface area contributed by atoms with E-state index in [1.165, 1.54) is 18.4 Å². The standard InChI is InChI=1S/C17H16O3S/c1-2-3-4-11-5-7-12(8-6-11)14-9-13(18)10-15-16(14)20-17(19)21-15/h5-10,18H,2-4H2,1H3. The first kappa shape index (κ1) is 13.9. The lowest BCUT2D eigenvalue weighted by molar-refractivity contribution is 0.476. The molecule has 108 valence electrons. The van der Waals surface area contributed by atoms with Crippen molar-refractivity contribution in [3.63, 3.8) is 0 Å². The molecule has 2 aromatic carbocycles. The van der Waals surface area contributed by atoms with Crippen molar-refractivity contribution < 1.29 is 9.52 Å². The van der Waals surface area contributed by atoms with Crippen molar-refractivity contribution in [3.8, 4) is 16.9 Å². The first-order chi connectivity index (χ1) is 10.2. The van der Waals surface area contributed by atoms with Crippen LogP contribution in [0.2, 0.25) is 0 Å². The van der Waals surface area contributed by atoms with Crippen molar-refractivity contribution in [2.75, 3.05) is 0 Å². The Bertz CT molecular complexity index is 812. The lowest BCUT2D eigenvalue weighted by Crippen LogP contribution is -1.86. The molecule has 0 amide bonds. The minimum Gasteiger partial charge on any atom is -0.508 e. The fourth-order valence-corrected chi connectivity index (χ4v) is 3.14. The van der Waals surface area contributed by atoms with Gasteiger partial charge in [-0.15, -0.1) is 0 Å². The van der Waals surface area contributed by atoms with Crippen molar-refractivity contribution in [2.24, 2.45) is 0 Å². The van der Waals surface area contributed by atoms with Gasteiger partial charge in [0.2, 0.25) is 0 Å². The first-order valence-electron chi connectivity index (χ1n) is 7.03. The van der Waals surface area contributed by atoms with E-state index in [1.54, 1.807) is 12.1 Å². The highest BCUT2D eigenvalue weighted by molar-refractivity contribution is 7.16. The van der Waals surface area contributed by atoms with Gasteiger partial charge in [0.15, 0.2) is 5.58 Å². The number of fused-ring (bicyclic) bond motifs is 1. The highest BCUT2D eigenvalue weighted by Gasteiger charge is 2.11. The molecule has 1 N–H and O–H groups in total. The van der Waals surface area contributed by atoms with Crippen LogP contribution in [0.5, 0.6) is 5.75 Å². The molecule has 0 aliphatic heterocycles. The summed E-state index contributed by atoms with van der Waals surface area (Å²) in [4.78, 5) is 11.1. The van der Waals surface area contributed by atoms with E-state index in [-0.39, 0.29) is 10.7 Å². The number of aryl methyl sites for hydroxylation is 1. The van der Waals surface area contributed by atoms with E-state index in [0.29, 0.717) is 10.3 Å². The fraction of sp³-hybridized carbons (Fsp3) is 0.235. The van der Waals surface area contributed by atoms with Crippen molar-refractivity contribution >= 4 is 21.6 Å². The van der Waals surface area contributed by atoms with Crippen molar-refractivity contribution in [1.82, 2.24) is 0 Å². The SMILES string of the molecule is CCCCc1ccc(-c2cc(O)cc3sc(=O)oc23)cc1. The van der Waals surface area contributed by atoms with E-state index in [0.717, 1.165) is 28.9 Å². The number of phenols is 1. The number of rotatable bonds is 4. The predicted molar refractivity (Wildman–Crippen MR) is 86.1 cm³/mol. The van der Waals surface area contributed by atoms with E-state index in [9.17, 15) is 9.90 Å². The van der Waals surface area contributed by atoms with E-state index in [2.05, 4.69) is 19.1 Å². The van der Waals surface area contributed by atoms with Crippen LogP contribution in [0.3, 0.4) is 0 Å². The molecule has 0 aliphatic carbocycles. The molecule has 0 saturated heterocycles. The quantitative estimate of drug-likeness (QED) is 0.768. The van der Waals surface area contributed by atoms with Crippen LogP contribution in [0, 0.1) is 0 Å².